The summed E-state index contributed by atoms with van der Waals surface area (Å²) in [4.78, 5) is 11.0. The molecule has 4 nitrogen and oxygen atoms in total. The van der Waals surface area contributed by atoms with Crippen LogP contribution in [0.3, 0.4) is 0 Å². The van der Waals surface area contributed by atoms with E-state index in [1.165, 1.54) is 0 Å². The van der Waals surface area contributed by atoms with Gasteiger partial charge in [0, 0.05) is 11.6 Å². The minimum Gasteiger partial charge on any atom is -0.479 e. The molecule has 0 amide bonds. The summed E-state index contributed by atoms with van der Waals surface area (Å²) in [5.74, 6) is -0.284. The minimum absolute atomic E-state index is 0.118. The first-order valence-electron chi connectivity index (χ1n) is 6.16. The highest BCUT2D eigenvalue weighted by atomic mass is 16.5. The maximum Gasteiger partial charge on any atom is 0.344 e. The number of rotatable bonds is 6. The fraction of sp³-hybridized carbons (Fsp3) is 0.500. The van der Waals surface area contributed by atoms with Gasteiger partial charge >= 0.3 is 5.97 Å². The van der Waals surface area contributed by atoms with Crippen molar-refractivity contribution >= 4 is 5.97 Å². The first-order valence-corrected chi connectivity index (χ1v) is 6.16. The van der Waals surface area contributed by atoms with Gasteiger partial charge in [-0.15, -0.1) is 0 Å². The van der Waals surface area contributed by atoms with Gasteiger partial charge in [-0.2, -0.15) is 0 Å². The van der Waals surface area contributed by atoms with Crippen molar-refractivity contribution in [2.24, 2.45) is 0 Å². The van der Waals surface area contributed by atoms with E-state index < -0.39 is 12.1 Å². The van der Waals surface area contributed by atoms with Crippen molar-refractivity contribution in [2.75, 3.05) is 7.05 Å². The molecule has 1 aromatic carbocycles. The number of nitrogens with one attached hydrogen (secondary N) is 1. The van der Waals surface area contributed by atoms with Crippen LogP contribution in [-0.2, 0) is 4.79 Å². The second kappa shape index (κ2) is 6.40. The Morgan fingerprint density at radius 3 is 2.67 bits per heavy atom. The molecule has 1 rings (SSSR count). The number of hydrogen-bond acceptors (Lipinski definition) is 3. The van der Waals surface area contributed by atoms with Crippen LogP contribution in [0, 0.1) is 6.92 Å². The van der Waals surface area contributed by atoms with E-state index in [1.807, 2.05) is 39.1 Å². The molecular weight excluding hydrogens is 230 g/mol. The predicted molar refractivity (Wildman–Crippen MR) is 71.0 cm³/mol. The van der Waals surface area contributed by atoms with E-state index in [0.717, 1.165) is 11.1 Å². The van der Waals surface area contributed by atoms with Crippen LogP contribution >= 0.6 is 0 Å². The van der Waals surface area contributed by atoms with Gasteiger partial charge in [0.25, 0.3) is 0 Å². The summed E-state index contributed by atoms with van der Waals surface area (Å²) in [6.45, 7) is 5.78. The van der Waals surface area contributed by atoms with E-state index >= 15 is 0 Å². The molecule has 0 spiro atoms. The van der Waals surface area contributed by atoms with Crippen molar-refractivity contribution < 1.29 is 14.6 Å². The molecular formula is C14H21NO3. The highest BCUT2D eigenvalue weighted by Gasteiger charge is 2.19. The van der Waals surface area contributed by atoms with Crippen LogP contribution in [0.2, 0.25) is 0 Å². The Labute approximate surface area is 108 Å². The van der Waals surface area contributed by atoms with Crippen molar-refractivity contribution in [2.45, 2.75) is 39.3 Å². The summed E-state index contributed by atoms with van der Waals surface area (Å²) in [7, 11) is 1.86. The van der Waals surface area contributed by atoms with E-state index in [0.29, 0.717) is 12.2 Å². The summed E-state index contributed by atoms with van der Waals surface area (Å²) in [5, 5.41) is 12.2. The number of ether oxygens (including phenoxy) is 1. The van der Waals surface area contributed by atoms with Crippen molar-refractivity contribution in [3.05, 3.63) is 29.3 Å². The quantitative estimate of drug-likeness (QED) is 0.815. The Morgan fingerprint density at radius 2 is 2.17 bits per heavy atom. The highest BCUT2D eigenvalue weighted by molar-refractivity contribution is 5.72. The molecule has 2 unspecified atom stereocenters. The third-order valence-corrected chi connectivity index (χ3v) is 2.98. The zero-order valence-corrected chi connectivity index (χ0v) is 11.4. The molecule has 1 aromatic rings. The van der Waals surface area contributed by atoms with Gasteiger partial charge in [-0.25, -0.2) is 4.79 Å². The third-order valence-electron chi connectivity index (χ3n) is 2.98. The largest absolute Gasteiger partial charge is 0.479 e. The normalized spacial score (nSPS) is 14.0. The number of hydrogen-bond donors (Lipinski definition) is 2. The van der Waals surface area contributed by atoms with Crippen molar-refractivity contribution in [3.8, 4) is 5.75 Å². The van der Waals surface area contributed by atoms with E-state index in [-0.39, 0.29) is 6.04 Å². The van der Waals surface area contributed by atoms with Gasteiger partial charge in [0.15, 0.2) is 6.10 Å². The van der Waals surface area contributed by atoms with E-state index in [2.05, 4.69) is 5.32 Å². The summed E-state index contributed by atoms with van der Waals surface area (Å²) in [5.41, 5.74) is 2.03. The molecule has 0 aliphatic rings. The van der Waals surface area contributed by atoms with Gasteiger partial charge in [-0.3, -0.25) is 0 Å². The summed E-state index contributed by atoms with van der Waals surface area (Å²) < 4.78 is 5.62. The molecule has 0 heterocycles. The van der Waals surface area contributed by atoms with Crippen molar-refractivity contribution in [3.63, 3.8) is 0 Å². The number of carboxylic acids is 1. The Balaban J connectivity index is 3.05. The van der Waals surface area contributed by atoms with Crippen molar-refractivity contribution in [1.82, 2.24) is 5.32 Å². The van der Waals surface area contributed by atoms with Crippen LogP contribution in [0.25, 0.3) is 0 Å². The summed E-state index contributed by atoms with van der Waals surface area (Å²) in [6.07, 6.45) is -0.356. The maximum atomic E-state index is 11.0. The average molecular weight is 251 g/mol. The molecule has 4 heteroatoms. The smallest absolute Gasteiger partial charge is 0.344 e. The van der Waals surface area contributed by atoms with Gasteiger partial charge in [-0.1, -0.05) is 19.1 Å². The lowest BCUT2D eigenvalue weighted by Crippen LogP contribution is -2.27. The van der Waals surface area contributed by atoms with Crippen LogP contribution in [0.5, 0.6) is 5.75 Å². The van der Waals surface area contributed by atoms with E-state index in [4.69, 9.17) is 9.84 Å². The van der Waals surface area contributed by atoms with E-state index in [1.54, 1.807) is 6.92 Å². The van der Waals surface area contributed by atoms with Crippen LogP contribution in [-0.4, -0.2) is 24.2 Å². The Kier molecular flexibility index (Phi) is 5.16. The zero-order chi connectivity index (χ0) is 13.7. The summed E-state index contributed by atoms with van der Waals surface area (Å²) >= 11 is 0. The van der Waals surface area contributed by atoms with Crippen molar-refractivity contribution in [1.29, 1.82) is 0 Å². The number of carboxylic acid groups (broad SMARTS) is 1. The van der Waals surface area contributed by atoms with Gasteiger partial charge in [-0.05, 0) is 38.9 Å². The molecule has 0 aliphatic carbocycles. The van der Waals surface area contributed by atoms with Gasteiger partial charge in [0.2, 0.25) is 0 Å². The second-order valence-corrected chi connectivity index (χ2v) is 4.40. The molecule has 0 saturated heterocycles. The molecule has 100 valence electrons. The maximum absolute atomic E-state index is 11.0. The first-order chi connectivity index (χ1) is 8.49. The molecule has 0 bridgehead atoms. The minimum atomic E-state index is -0.929. The Morgan fingerprint density at radius 1 is 1.50 bits per heavy atom. The highest BCUT2D eigenvalue weighted by Crippen LogP contribution is 2.27. The van der Waals surface area contributed by atoms with E-state index in [9.17, 15) is 4.79 Å². The van der Waals surface area contributed by atoms with Crippen LogP contribution in [0.1, 0.15) is 37.4 Å². The lowest BCUT2D eigenvalue weighted by Gasteiger charge is -2.20. The Hall–Kier alpha value is -1.55. The molecule has 2 atom stereocenters. The molecule has 18 heavy (non-hydrogen) atoms. The fourth-order valence-corrected chi connectivity index (χ4v) is 1.72. The standard InChI is InChI=1S/C14H21NO3/c1-5-12(14(16)17)18-13-8-9(2)6-7-11(13)10(3)15-4/h6-8,10,12,15H,5H2,1-4H3,(H,16,17). The number of benzene rings is 1. The first kappa shape index (κ1) is 14.5. The predicted octanol–water partition coefficient (Wildman–Crippen LogP) is 2.52. The lowest BCUT2D eigenvalue weighted by molar-refractivity contribution is -0.145. The second-order valence-electron chi connectivity index (χ2n) is 4.40. The van der Waals surface area contributed by atoms with Crippen LogP contribution in [0.4, 0.5) is 0 Å². The zero-order valence-electron chi connectivity index (χ0n) is 11.4. The Bertz CT molecular complexity index is 418. The average Bonchev–Trinajstić information content (AvgIpc) is 2.34. The molecule has 0 saturated carbocycles. The van der Waals surface area contributed by atoms with Gasteiger partial charge in [0.05, 0.1) is 0 Å². The number of carbonyl (C=O) groups is 1. The monoisotopic (exact) mass is 251 g/mol. The molecule has 2 N–H and O–H groups in total. The SMILES string of the molecule is CCC(Oc1cc(C)ccc1C(C)NC)C(=O)O. The number of aryl methyl sites for hydroxylation is 1. The van der Waals surface area contributed by atoms with Gasteiger partial charge < -0.3 is 15.2 Å². The summed E-state index contributed by atoms with van der Waals surface area (Å²) in [6, 6.07) is 5.97. The van der Waals surface area contributed by atoms with Crippen LogP contribution < -0.4 is 10.1 Å². The molecule has 0 fully saturated rings. The van der Waals surface area contributed by atoms with Crippen LogP contribution in [0.15, 0.2) is 18.2 Å². The molecule has 0 radical (unpaired) electrons. The third kappa shape index (κ3) is 3.47. The molecule has 0 aliphatic heterocycles. The lowest BCUT2D eigenvalue weighted by atomic mass is 10.0. The number of aliphatic carboxylic acids is 1. The van der Waals surface area contributed by atoms with Gasteiger partial charge in [0.1, 0.15) is 5.75 Å². The molecule has 0 aromatic heterocycles. The fourth-order valence-electron chi connectivity index (χ4n) is 1.72. The topological polar surface area (TPSA) is 58.6 Å².